The van der Waals surface area contributed by atoms with Gasteiger partial charge < -0.3 is 4.90 Å². The SMILES string of the molecule is N#CC1CCN(C(=O)Cc2ccccc2Cl)CC1. The predicted molar refractivity (Wildman–Crippen MR) is 70.1 cm³/mol. The molecule has 1 fully saturated rings. The number of amides is 1. The van der Waals surface area contributed by atoms with Crippen molar-refractivity contribution in [1.82, 2.24) is 4.90 Å². The van der Waals surface area contributed by atoms with E-state index < -0.39 is 0 Å². The molecule has 0 aromatic heterocycles. The van der Waals surface area contributed by atoms with Gasteiger partial charge in [-0.05, 0) is 24.5 Å². The Morgan fingerprint density at radius 1 is 1.39 bits per heavy atom. The second-order valence-corrected chi connectivity index (χ2v) is 4.96. The Balaban J connectivity index is 1.94. The molecule has 18 heavy (non-hydrogen) atoms. The van der Waals surface area contributed by atoms with Gasteiger partial charge in [-0.2, -0.15) is 5.26 Å². The first-order chi connectivity index (χ1) is 8.70. The molecule has 1 aliphatic rings. The fourth-order valence-electron chi connectivity index (χ4n) is 2.17. The van der Waals surface area contributed by atoms with Crippen molar-refractivity contribution in [1.29, 1.82) is 5.26 Å². The quantitative estimate of drug-likeness (QED) is 0.822. The Bertz CT molecular complexity index is 473. The number of benzene rings is 1. The second-order valence-electron chi connectivity index (χ2n) is 4.55. The molecule has 1 aliphatic heterocycles. The zero-order valence-corrected chi connectivity index (χ0v) is 10.9. The first-order valence-electron chi connectivity index (χ1n) is 6.11. The molecule has 1 saturated heterocycles. The van der Waals surface area contributed by atoms with Crippen molar-refractivity contribution in [3.8, 4) is 6.07 Å². The van der Waals surface area contributed by atoms with Crippen molar-refractivity contribution >= 4 is 17.5 Å². The Labute approximate surface area is 112 Å². The summed E-state index contributed by atoms with van der Waals surface area (Å²) in [5, 5.41) is 9.45. The molecule has 1 aromatic carbocycles. The number of hydrogen-bond acceptors (Lipinski definition) is 2. The monoisotopic (exact) mass is 262 g/mol. The van der Waals surface area contributed by atoms with Gasteiger partial charge in [0.2, 0.25) is 5.91 Å². The van der Waals surface area contributed by atoms with Gasteiger partial charge in [0, 0.05) is 24.0 Å². The highest BCUT2D eigenvalue weighted by Crippen LogP contribution is 2.19. The number of nitrogens with zero attached hydrogens (tertiary/aromatic N) is 2. The van der Waals surface area contributed by atoms with Crippen LogP contribution in [-0.2, 0) is 11.2 Å². The van der Waals surface area contributed by atoms with E-state index in [-0.39, 0.29) is 11.8 Å². The highest BCUT2D eigenvalue weighted by molar-refractivity contribution is 6.31. The van der Waals surface area contributed by atoms with Crippen LogP contribution in [0.25, 0.3) is 0 Å². The van der Waals surface area contributed by atoms with E-state index in [0.717, 1.165) is 18.4 Å². The lowest BCUT2D eigenvalue weighted by molar-refractivity contribution is -0.131. The van der Waals surface area contributed by atoms with Gasteiger partial charge in [-0.3, -0.25) is 4.79 Å². The minimum atomic E-state index is 0.0967. The van der Waals surface area contributed by atoms with Crippen molar-refractivity contribution in [3.63, 3.8) is 0 Å². The molecule has 0 saturated carbocycles. The molecule has 4 heteroatoms. The Morgan fingerprint density at radius 3 is 2.67 bits per heavy atom. The van der Waals surface area contributed by atoms with Crippen molar-refractivity contribution in [3.05, 3.63) is 34.9 Å². The largest absolute Gasteiger partial charge is 0.342 e. The molecule has 0 bridgehead atoms. The van der Waals surface area contributed by atoms with Crippen LogP contribution in [0.2, 0.25) is 5.02 Å². The van der Waals surface area contributed by atoms with E-state index in [4.69, 9.17) is 16.9 Å². The molecule has 1 aromatic rings. The van der Waals surface area contributed by atoms with Crippen LogP contribution in [0.5, 0.6) is 0 Å². The third-order valence-electron chi connectivity index (χ3n) is 3.33. The van der Waals surface area contributed by atoms with Gasteiger partial charge in [-0.25, -0.2) is 0 Å². The van der Waals surface area contributed by atoms with Gasteiger partial charge in [0.05, 0.1) is 12.5 Å². The van der Waals surface area contributed by atoms with E-state index in [1.807, 2.05) is 23.1 Å². The lowest BCUT2D eigenvalue weighted by Crippen LogP contribution is -2.39. The van der Waals surface area contributed by atoms with E-state index in [2.05, 4.69) is 6.07 Å². The predicted octanol–water partition coefficient (Wildman–Crippen LogP) is 2.64. The number of hydrogen-bond donors (Lipinski definition) is 0. The maximum absolute atomic E-state index is 12.1. The number of halogens is 1. The highest BCUT2D eigenvalue weighted by Gasteiger charge is 2.22. The first-order valence-corrected chi connectivity index (χ1v) is 6.49. The molecule has 1 amide bonds. The van der Waals surface area contributed by atoms with E-state index in [9.17, 15) is 4.79 Å². The average molecular weight is 263 g/mol. The Morgan fingerprint density at radius 2 is 2.06 bits per heavy atom. The molecule has 0 atom stereocenters. The average Bonchev–Trinajstić information content (AvgIpc) is 2.41. The maximum Gasteiger partial charge on any atom is 0.227 e. The smallest absolute Gasteiger partial charge is 0.227 e. The molecule has 0 radical (unpaired) electrons. The first kappa shape index (κ1) is 12.9. The van der Waals surface area contributed by atoms with Crippen LogP contribution in [0, 0.1) is 17.2 Å². The minimum Gasteiger partial charge on any atom is -0.342 e. The fraction of sp³-hybridized carbons (Fsp3) is 0.429. The molecule has 0 N–H and O–H groups in total. The summed E-state index contributed by atoms with van der Waals surface area (Å²) in [5.74, 6) is 0.203. The van der Waals surface area contributed by atoms with Crippen molar-refractivity contribution in [2.24, 2.45) is 5.92 Å². The summed E-state index contributed by atoms with van der Waals surface area (Å²) < 4.78 is 0. The van der Waals surface area contributed by atoms with Crippen LogP contribution >= 0.6 is 11.6 Å². The van der Waals surface area contributed by atoms with Crippen LogP contribution in [-0.4, -0.2) is 23.9 Å². The number of rotatable bonds is 2. The number of piperidine rings is 1. The van der Waals surface area contributed by atoms with Crippen molar-refractivity contribution in [2.45, 2.75) is 19.3 Å². The van der Waals surface area contributed by atoms with Gasteiger partial charge in [-0.1, -0.05) is 29.8 Å². The van der Waals surface area contributed by atoms with Gasteiger partial charge in [0.25, 0.3) is 0 Å². The van der Waals surface area contributed by atoms with Crippen LogP contribution in [0.3, 0.4) is 0 Å². The van der Waals surface area contributed by atoms with Crippen molar-refractivity contribution < 1.29 is 4.79 Å². The summed E-state index contributed by atoms with van der Waals surface area (Å²) in [6.07, 6.45) is 1.91. The standard InChI is InChI=1S/C14H15ClN2O/c15-13-4-2-1-3-12(13)9-14(18)17-7-5-11(10-16)6-8-17/h1-4,11H,5-9H2. The summed E-state index contributed by atoms with van der Waals surface area (Å²) >= 11 is 6.04. The van der Waals surface area contributed by atoms with Gasteiger partial charge in [-0.15, -0.1) is 0 Å². The Kier molecular flexibility index (Phi) is 4.22. The third-order valence-corrected chi connectivity index (χ3v) is 3.70. The van der Waals surface area contributed by atoms with Crippen LogP contribution in [0.1, 0.15) is 18.4 Å². The van der Waals surface area contributed by atoms with E-state index >= 15 is 0 Å². The number of nitriles is 1. The van der Waals surface area contributed by atoms with Crippen molar-refractivity contribution in [2.75, 3.05) is 13.1 Å². The normalized spacial score (nSPS) is 16.3. The summed E-state index contributed by atoms with van der Waals surface area (Å²) in [7, 11) is 0. The molecule has 94 valence electrons. The van der Waals surface area contributed by atoms with Gasteiger partial charge >= 0.3 is 0 Å². The molecule has 0 spiro atoms. The fourth-order valence-corrected chi connectivity index (χ4v) is 2.38. The van der Waals surface area contributed by atoms with Gasteiger partial charge in [0.1, 0.15) is 0 Å². The molecule has 0 aliphatic carbocycles. The van der Waals surface area contributed by atoms with Crippen LogP contribution in [0.4, 0.5) is 0 Å². The molecule has 3 nitrogen and oxygen atoms in total. The lowest BCUT2D eigenvalue weighted by Gasteiger charge is -2.29. The molecular weight excluding hydrogens is 248 g/mol. The summed E-state index contributed by atoms with van der Waals surface area (Å²) in [6.45, 7) is 1.36. The molecule has 2 rings (SSSR count). The zero-order chi connectivity index (χ0) is 13.0. The van der Waals surface area contributed by atoms with E-state index in [1.54, 1.807) is 6.07 Å². The van der Waals surface area contributed by atoms with Gasteiger partial charge in [0.15, 0.2) is 0 Å². The summed E-state index contributed by atoms with van der Waals surface area (Å²) in [6, 6.07) is 9.68. The lowest BCUT2D eigenvalue weighted by atomic mass is 9.98. The second kappa shape index (κ2) is 5.88. The summed E-state index contributed by atoms with van der Waals surface area (Å²) in [4.78, 5) is 13.9. The maximum atomic E-state index is 12.1. The third kappa shape index (κ3) is 3.02. The molecular formula is C14H15ClN2O. The topological polar surface area (TPSA) is 44.1 Å². The number of likely N-dealkylation sites (tertiary alicyclic amines) is 1. The highest BCUT2D eigenvalue weighted by atomic mass is 35.5. The Hall–Kier alpha value is -1.53. The van der Waals surface area contributed by atoms with E-state index in [0.29, 0.717) is 24.5 Å². The van der Waals surface area contributed by atoms with Crippen LogP contribution < -0.4 is 0 Å². The zero-order valence-electron chi connectivity index (χ0n) is 10.1. The number of carbonyl (C=O) groups excluding carboxylic acids is 1. The van der Waals surface area contributed by atoms with Crippen LogP contribution in [0.15, 0.2) is 24.3 Å². The number of carbonyl (C=O) groups is 1. The summed E-state index contributed by atoms with van der Waals surface area (Å²) in [5.41, 5.74) is 0.867. The molecule has 0 unspecified atom stereocenters. The minimum absolute atomic E-state index is 0.0967. The van der Waals surface area contributed by atoms with E-state index in [1.165, 1.54) is 0 Å². The molecule has 1 heterocycles.